The molecule has 0 unspecified atom stereocenters. The van der Waals surface area contributed by atoms with Crippen molar-refractivity contribution in [2.75, 3.05) is 24.9 Å². The highest BCUT2D eigenvalue weighted by Crippen LogP contribution is 2.36. The van der Waals surface area contributed by atoms with Crippen molar-refractivity contribution in [2.45, 2.75) is 6.54 Å². The minimum Gasteiger partial charge on any atom is -0.495 e. The highest BCUT2D eigenvalue weighted by Gasteiger charge is 2.15. The van der Waals surface area contributed by atoms with Gasteiger partial charge in [0, 0.05) is 37.3 Å². The molecule has 0 saturated carbocycles. The molecule has 8 nitrogen and oxygen atoms in total. The summed E-state index contributed by atoms with van der Waals surface area (Å²) in [6, 6.07) is 8.44. The maximum Gasteiger partial charge on any atom is 0.274 e. The summed E-state index contributed by atoms with van der Waals surface area (Å²) in [5, 5.41) is 6.19. The van der Waals surface area contributed by atoms with Gasteiger partial charge in [0.1, 0.15) is 17.2 Å². The van der Waals surface area contributed by atoms with Crippen LogP contribution in [0.15, 0.2) is 48.9 Å². The molecule has 0 aliphatic heterocycles. The first-order valence-electron chi connectivity index (χ1n) is 8.29. The van der Waals surface area contributed by atoms with Crippen LogP contribution in [-0.2, 0) is 6.54 Å². The van der Waals surface area contributed by atoms with Gasteiger partial charge in [0.15, 0.2) is 0 Å². The molecule has 0 bridgehead atoms. The van der Waals surface area contributed by atoms with E-state index in [4.69, 9.17) is 21.1 Å². The largest absolute Gasteiger partial charge is 0.495 e. The number of benzene rings is 1. The number of ether oxygens (including phenoxy) is 2. The van der Waals surface area contributed by atoms with Gasteiger partial charge < -0.3 is 20.1 Å². The van der Waals surface area contributed by atoms with Crippen LogP contribution < -0.4 is 20.1 Å². The van der Waals surface area contributed by atoms with E-state index in [0.29, 0.717) is 34.7 Å². The Bertz CT molecular complexity index is 969. The summed E-state index contributed by atoms with van der Waals surface area (Å²) >= 11 is 6.09. The van der Waals surface area contributed by atoms with E-state index in [-0.39, 0.29) is 5.69 Å². The molecule has 0 aliphatic rings. The lowest BCUT2D eigenvalue weighted by Crippen LogP contribution is -2.16. The number of hydrogen-bond donors (Lipinski definition) is 2. The van der Waals surface area contributed by atoms with Crippen molar-refractivity contribution >= 4 is 29.1 Å². The fourth-order valence-corrected chi connectivity index (χ4v) is 2.63. The number of halogens is 1. The number of rotatable bonds is 7. The Kier molecular flexibility index (Phi) is 6.23. The van der Waals surface area contributed by atoms with E-state index in [1.165, 1.54) is 26.5 Å². The summed E-state index contributed by atoms with van der Waals surface area (Å²) in [4.78, 5) is 25.1. The lowest BCUT2D eigenvalue weighted by molar-refractivity contribution is 0.102. The van der Waals surface area contributed by atoms with Crippen molar-refractivity contribution in [1.29, 1.82) is 0 Å². The van der Waals surface area contributed by atoms with E-state index >= 15 is 0 Å². The molecule has 0 saturated heterocycles. The molecule has 0 atom stereocenters. The monoisotopic (exact) mass is 399 g/mol. The van der Waals surface area contributed by atoms with Crippen LogP contribution in [0.5, 0.6) is 11.5 Å². The Morgan fingerprint density at radius 2 is 1.96 bits per heavy atom. The average molecular weight is 400 g/mol. The Balaban J connectivity index is 1.74. The molecule has 9 heteroatoms. The van der Waals surface area contributed by atoms with Gasteiger partial charge in [-0.3, -0.25) is 9.78 Å². The van der Waals surface area contributed by atoms with Crippen LogP contribution >= 0.6 is 11.6 Å². The predicted molar refractivity (Wildman–Crippen MR) is 106 cm³/mol. The Morgan fingerprint density at radius 1 is 1.14 bits per heavy atom. The van der Waals surface area contributed by atoms with Gasteiger partial charge >= 0.3 is 0 Å². The van der Waals surface area contributed by atoms with Crippen LogP contribution in [0, 0.1) is 0 Å². The molecule has 0 spiro atoms. The second-order valence-corrected chi connectivity index (χ2v) is 6.03. The first kappa shape index (κ1) is 19.4. The molecule has 1 amide bonds. The standard InChI is InChI=1S/C19H18ClN5O3/c1-27-16-9-15(17(28-2)8-13(16)20)24-18(26)14-5-7-22-19(25-14)23-11-12-4-3-6-21-10-12/h3-10H,11H2,1-2H3,(H,24,26)(H,22,23,25). The zero-order chi connectivity index (χ0) is 19.9. The Hall–Kier alpha value is -3.39. The second kappa shape index (κ2) is 9.01. The van der Waals surface area contributed by atoms with E-state index in [2.05, 4.69) is 25.6 Å². The summed E-state index contributed by atoms with van der Waals surface area (Å²) in [5.74, 6) is 0.731. The van der Waals surface area contributed by atoms with E-state index in [0.717, 1.165) is 5.56 Å². The van der Waals surface area contributed by atoms with Crippen molar-refractivity contribution < 1.29 is 14.3 Å². The highest BCUT2D eigenvalue weighted by molar-refractivity contribution is 6.32. The maximum absolute atomic E-state index is 12.6. The van der Waals surface area contributed by atoms with E-state index in [9.17, 15) is 4.79 Å². The zero-order valence-corrected chi connectivity index (χ0v) is 16.0. The van der Waals surface area contributed by atoms with Gasteiger partial charge in [-0.1, -0.05) is 17.7 Å². The highest BCUT2D eigenvalue weighted by atomic mass is 35.5. The number of pyridine rings is 1. The third kappa shape index (κ3) is 4.66. The van der Waals surface area contributed by atoms with Crippen LogP contribution in [0.25, 0.3) is 0 Å². The van der Waals surface area contributed by atoms with Gasteiger partial charge in [0.2, 0.25) is 5.95 Å². The first-order valence-corrected chi connectivity index (χ1v) is 8.67. The summed E-state index contributed by atoms with van der Waals surface area (Å²) < 4.78 is 10.5. The summed E-state index contributed by atoms with van der Waals surface area (Å²) in [6.45, 7) is 0.487. The van der Waals surface area contributed by atoms with E-state index in [1.807, 2.05) is 12.1 Å². The van der Waals surface area contributed by atoms with Crippen LogP contribution in [0.4, 0.5) is 11.6 Å². The second-order valence-electron chi connectivity index (χ2n) is 5.62. The molecule has 2 heterocycles. The minimum atomic E-state index is -0.422. The van der Waals surface area contributed by atoms with E-state index in [1.54, 1.807) is 24.5 Å². The third-order valence-corrected chi connectivity index (χ3v) is 4.08. The third-order valence-electron chi connectivity index (χ3n) is 3.78. The summed E-state index contributed by atoms with van der Waals surface area (Å²) in [6.07, 6.45) is 4.95. The van der Waals surface area contributed by atoms with Gasteiger partial charge in [-0.15, -0.1) is 0 Å². The molecule has 28 heavy (non-hydrogen) atoms. The van der Waals surface area contributed by atoms with Gasteiger partial charge in [0.25, 0.3) is 5.91 Å². The molecule has 144 valence electrons. The van der Waals surface area contributed by atoms with E-state index < -0.39 is 5.91 Å². The molecule has 2 N–H and O–H groups in total. The van der Waals surface area contributed by atoms with Gasteiger partial charge in [0.05, 0.1) is 24.9 Å². The number of carbonyl (C=O) groups excluding carboxylic acids is 1. The molecule has 3 rings (SSSR count). The number of methoxy groups -OCH3 is 2. The molecule has 0 aliphatic carbocycles. The van der Waals surface area contributed by atoms with Crippen molar-refractivity contribution in [3.63, 3.8) is 0 Å². The molecule has 0 fully saturated rings. The van der Waals surface area contributed by atoms with Gasteiger partial charge in [-0.2, -0.15) is 0 Å². The fraction of sp³-hybridized carbons (Fsp3) is 0.158. The van der Waals surface area contributed by atoms with Crippen LogP contribution in [0.3, 0.4) is 0 Å². The van der Waals surface area contributed by atoms with Crippen molar-refractivity contribution in [1.82, 2.24) is 15.0 Å². The molecule has 1 aromatic carbocycles. The smallest absolute Gasteiger partial charge is 0.274 e. The lowest BCUT2D eigenvalue weighted by atomic mass is 10.2. The predicted octanol–water partition coefficient (Wildman–Crippen LogP) is 3.41. The van der Waals surface area contributed by atoms with Crippen molar-refractivity contribution in [3.05, 3.63) is 65.2 Å². The molecular weight excluding hydrogens is 382 g/mol. The summed E-state index contributed by atoms with van der Waals surface area (Å²) in [5.41, 5.74) is 1.58. The first-order chi connectivity index (χ1) is 13.6. The zero-order valence-electron chi connectivity index (χ0n) is 15.3. The number of carbonyl (C=O) groups is 1. The summed E-state index contributed by atoms with van der Waals surface area (Å²) in [7, 11) is 2.98. The van der Waals surface area contributed by atoms with Gasteiger partial charge in [-0.05, 0) is 17.7 Å². The number of anilines is 2. The van der Waals surface area contributed by atoms with Crippen molar-refractivity contribution in [2.24, 2.45) is 0 Å². The Morgan fingerprint density at radius 3 is 2.68 bits per heavy atom. The number of aromatic nitrogens is 3. The van der Waals surface area contributed by atoms with Crippen molar-refractivity contribution in [3.8, 4) is 11.5 Å². The SMILES string of the molecule is COc1cc(NC(=O)c2ccnc(NCc3cccnc3)n2)c(OC)cc1Cl. The number of nitrogens with one attached hydrogen (secondary N) is 2. The number of amides is 1. The minimum absolute atomic E-state index is 0.194. The van der Waals surface area contributed by atoms with Crippen LogP contribution in [0.1, 0.15) is 16.1 Å². The topological polar surface area (TPSA) is 98.3 Å². The normalized spacial score (nSPS) is 10.2. The van der Waals surface area contributed by atoms with Crippen LogP contribution in [0.2, 0.25) is 5.02 Å². The van der Waals surface area contributed by atoms with Gasteiger partial charge in [-0.25, -0.2) is 9.97 Å². The fourth-order valence-electron chi connectivity index (χ4n) is 2.40. The Labute approximate surface area is 166 Å². The molecule has 0 radical (unpaired) electrons. The molecular formula is C19H18ClN5O3. The molecule has 3 aromatic rings. The number of hydrogen-bond acceptors (Lipinski definition) is 7. The number of nitrogens with zero attached hydrogens (tertiary/aromatic N) is 3. The molecule has 2 aromatic heterocycles. The maximum atomic E-state index is 12.6. The average Bonchev–Trinajstić information content (AvgIpc) is 2.74. The lowest BCUT2D eigenvalue weighted by Gasteiger charge is -2.13. The van der Waals surface area contributed by atoms with Crippen LogP contribution in [-0.4, -0.2) is 35.1 Å². The quantitative estimate of drug-likeness (QED) is 0.628.